The van der Waals surface area contributed by atoms with E-state index in [0.29, 0.717) is 0 Å². The topological polar surface area (TPSA) is 216 Å². The van der Waals surface area contributed by atoms with E-state index < -0.39 is 55.1 Å². The first-order valence-corrected chi connectivity index (χ1v) is 10.6. The predicted octanol–water partition coefficient (Wildman–Crippen LogP) is -0.695. The number of thiazole rings is 1. The van der Waals surface area contributed by atoms with Crippen LogP contribution in [0.5, 0.6) is 0 Å². The highest BCUT2D eigenvalue weighted by Gasteiger charge is 2.52. The van der Waals surface area contributed by atoms with Gasteiger partial charge >= 0.3 is 11.9 Å². The van der Waals surface area contributed by atoms with Crippen LogP contribution in [0.3, 0.4) is 0 Å². The number of hydrogen-bond donors (Lipinski definition) is 5. The van der Waals surface area contributed by atoms with Crippen molar-refractivity contribution in [3.05, 3.63) is 28.2 Å². The molecule has 0 aliphatic carbocycles. The minimum Gasteiger partial charge on any atom is -0.479 e. The van der Waals surface area contributed by atoms with Crippen LogP contribution in [0.25, 0.3) is 11.2 Å². The van der Waals surface area contributed by atoms with Crippen molar-refractivity contribution in [3.8, 4) is 0 Å². The van der Waals surface area contributed by atoms with Gasteiger partial charge in [0.05, 0.1) is 24.4 Å². The van der Waals surface area contributed by atoms with Crippen molar-refractivity contribution >= 4 is 51.9 Å². The standard InChI is InChI=1S/C17H17ClN6O8S/c18-16-22-11(19)8-12(23-16)24(5-21-8)13-10(26)9(25)6(32-13)4-31-17(14(27)28,15(29)30)3-7-20-1-2-33-7/h1-2,5-6,9-10,13,25-26H,3-4H2,(H,27,28)(H,29,30)(H2,19,22,23)/t6-,9+,10-,13-/m1/s1. The van der Waals surface area contributed by atoms with Gasteiger partial charge in [0.25, 0.3) is 5.60 Å². The first-order chi connectivity index (χ1) is 15.6. The lowest BCUT2D eigenvalue weighted by Crippen LogP contribution is -2.52. The highest BCUT2D eigenvalue weighted by molar-refractivity contribution is 7.09. The van der Waals surface area contributed by atoms with Gasteiger partial charge in [0.1, 0.15) is 23.8 Å². The number of rotatable bonds is 8. The molecule has 0 saturated carbocycles. The molecule has 0 radical (unpaired) electrons. The van der Waals surface area contributed by atoms with Gasteiger partial charge in [-0.25, -0.2) is 19.6 Å². The van der Waals surface area contributed by atoms with Crippen molar-refractivity contribution in [1.29, 1.82) is 0 Å². The van der Waals surface area contributed by atoms with Crippen LogP contribution in [0, 0.1) is 0 Å². The Hall–Kier alpha value is -2.95. The van der Waals surface area contributed by atoms with Gasteiger partial charge in [-0.15, -0.1) is 11.3 Å². The molecule has 1 fully saturated rings. The van der Waals surface area contributed by atoms with E-state index in [0.717, 1.165) is 11.3 Å². The third kappa shape index (κ3) is 4.09. The van der Waals surface area contributed by atoms with Crippen molar-refractivity contribution < 1.29 is 39.5 Å². The second-order valence-corrected chi connectivity index (χ2v) is 8.42. The molecule has 1 aliphatic heterocycles. The van der Waals surface area contributed by atoms with Crippen molar-refractivity contribution in [2.75, 3.05) is 12.3 Å². The summed E-state index contributed by atoms with van der Waals surface area (Å²) in [4.78, 5) is 39.5. The summed E-state index contributed by atoms with van der Waals surface area (Å²) in [5, 5.41) is 41.8. The highest BCUT2D eigenvalue weighted by Crippen LogP contribution is 2.33. The number of halogens is 1. The Morgan fingerprint density at radius 1 is 1.24 bits per heavy atom. The maximum atomic E-state index is 11.9. The first-order valence-electron chi connectivity index (χ1n) is 9.30. The number of anilines is 1. The molecule has 6 N–H and O–H groups in total. The Labute approximate surface area is 193 Å². The van der Waals surface area contributed by atoms with Crippen LogP contribution in [0.15, 0.2) is 17.9 Å². The zero-order valence-electron chi connectivity index (χ0n) is 16.5. The predicted molar refractivity (Wildman–Crippen MR) is 110 cm³/mol. The van der Waals surface area contributed by atoms with Gasteiger partial charge in [-0.2, -0.15) is 9.97 Å². The molecule has 1 aliphatic rings. The summed E-state index contributed by atoms with van der Waals surface area (Å²) in [5.41, 5.74) is 3.40. The lowest BCUT2D eigenvalue weighted by atomic mass is 10.00. The molecule has 4 atom stereocenters. The number of aliphatic hydroxyl groups excluding tert-OH is 2. The maximum absolute atomic E-state index is 11.9. The number of ether oxygens (including phenoxy) is 2. The average molecular weight is 501 g/mol. The van der Waals surface area contributed by atoms with Crippen molar-refractivity contribution in [2.24, 2.45) is 0 Å². The van der Waals surface area contributed by atoms with Crippen LogP contribution in [0.1, 0.15) is 11.2 Å². The van der Waals surface area contributed by atoms with Crippen LogP contribution >= 0.6 is 22.9 Å². The maximum Gasteiger partial charge on any atom is 0.348 e. The van der Waals surface area contributed by atoms with Gasteiger partial charge in [-0.1, -0.05) is 0 Å². The van der Waals surface area contributed by atoms with Gasteiger partial charge in [-0.05, 0) is 11.6 Å². The van der Waals surface area contributed by atoms with Gasteiger partial charge < -0.3 is 35.6 Å². The summed E-state index contributed by atoms with van der Waals surface area (Å²) in [7, 11) is 0. The second kappa shape index (κ2) is 8.77. The number of hydrogen-bond acceptors (Lipinski definition) is 12. The monoisotopic (exact) mass is 500 g/mol. The highest BCUT2D eigenvalue weighted by atomic mass is 35.5. The number of aliphatic hydroxyl groups is 2. The summed E-state index contributed by atoms with van der Waals surface area (Å²) in [6, 6.07) is 0. The van der Waals surface area contributed by atoms with Crippen molar-refractivity contribution in [3.63, 3.8) is 0 Å². The quantitative estimate of drug-likeness (QED) is 0.191. The number of nitrogens with two attached hydrogens (primary N) is 1. The Kier molecular flexibility index (Phi) is 6.17. The van der Waals surface area contributed by atoms with E-state index in [9.17, 15) is 30.0 Å². The van der Waals surface area contributed by atoms with Crippen molar-refractivity contribution in [1.82, 2.24) is 24.5 Å². The molecular formula is C17H17ClN6O8S. The lowest BCUT2D eigenvalue weighted by molar-refractivity contribution is -0.190. The molecule has 4 rings (SSSR count). The summed E-state index contributed by atoms with van der Waals surface area (Å²) in [5.74, 6) is -3.51. The number of nitrogens with zero attached hydrogens (tertiary/aromatic N) is 5. The Morgan fingerprint density at radius 3 is 2.61 bits per heavy atom. The Balaban J connectivity index is 1.57. The van der Waals surface area contributed by atoms with Crippen LogP contribution in [0.4, 0.5) is 5.82 Å². The lowest BCUT2D eigenvalue weighted by Gasteiger charge is -2.26. The summed E-state index contributed by atoms with van der Waals surface area (Å²) >= 11 is 6.90. The van der Waals surface area contributed by atoms with E-state index in [1.165, 1.54) is 17.1 Å². The van der Waals surface area contributed by atoms with Crippen LogP contribution < -0.4 is 5.73 Å². The number of aliphatic carboxylic acids is 2. The molecule has 16 heteroatoms. The van der Waals surface area contributed by atoms with E-state index in [1.807, 2.05) is 0 Å². The number of carbonyl (C=O) groups is 2. The van der Waals surface area contributed by atoms with E-state index in [1.54, 1.807) is 5.38 Å². The molecule has 1 saturated heterocycles. The number of carboxylic acids is 2. The molecule has 0 unspecified atom stereocenters. The third-order valence-electron chi connectivity index (χ3n) is 5.10. The molecule has 0 bridgehead atoms. The smallest absolute Gasteiger partial charge is 0.348 e. The molecule has 0 aromatic carbocycles. The zero-order valence-corrected chi connectivity index (χ0v) is 18.0. The van der Waals surface area contributed by atoms with Crippen LogP contribution in [-0.2, 0) is 25.5 Å². The number of imidazole rings is 1. The molecule has 33 heavy (non-hydrogen) atoms. The molecule has 176 valence electrons. The molecule has 3 aromatic rings. The van der Waals surface area contributed by atoms with E-state index >= 15 is 0 Å². The fourth-order valence-electron chi connectivity index (χ4n) is 3.39. The Bertz CT molecular complexity index is 1180. The fraction of sp³-hybridized carbons (Fsp3) is 0.412. The molecule has 0 spiro atoms. The number of carboxylic acid groups (broad SMARTS) is 2. The number of aromatic nitrogens is 5. The fourth-order valence-corrected chi connectivity index (χ4v) is 4.25. The molecule has 14 nitrogen and oxygen atoms in total. The van der Waals surface area contributed by atoms with Crippen LogP contribution in [0.2, 0.25) is 5.28 Å². The van der Waals surface area contributed by atoms with Gasteiger partial charge in [0.2, 0.25) is 5.28 Å². The molecule has 4 heterocycles. The number of fused-ring (bicyclic) bond motifs is 1. The minimum absolute atomic E-state index is 0.00782. The second-order valence-electron chi connectivity index (χ2n) is 7.10. The van der Waals surface area contributed by atoms with Gasteiger partial charge in [0, 0.05) is 11.6 Å². The van der Waals surface area contributed by atoms with E-state index in [4.69, 9.17) is 26.8 Å². The van der Waals surface area contributed by atoms with E-state index in [2.05, 4.69) is 19.9 Å². The van der Waals surface area contributed by atoms with Gasteiger partial charge in [0.15, 0.2) is 17.7 Å². The number of nitrogen functional groups attached to an aromatic ring is 1. The van der Waals surface area contributed by atoms with Crippen molar-refractivity contribution in [2.45, 2.75) is 36.6 Å². The SMILES string of the molecule is Nc1nc(Cl)nc2c1ncn2[C@@H]1O[C@H](COC(Cc2nccs2)(C(=O)O)C(=O)O)[C@H](O)[C@H]1O. The van der Waals surface area contributed by atoms with Gasteiger partial charge in [-0.3, -0.25) is 4.57 Å². The Morgan fingerprint density at radius 2 is 1.97 bits per heavy atom. The summed E-state index contributed by atoms with van der Waals surface area (Å²) < 4.78 is 12.2. The van der Waals surface area contributed by atoms with E-state index in [-0.39, 0.29) is 27.3 Å². The minimum atomic E-state index is -2.68. The molecule has 3 aromatic heterocycles. The third-order valence-corrected chi connectivity index (χ3v) is 6.05. The zero-order chi connectivity index (χ0) is 23.9. The average Bonchev–Trinajstić information content (AvgIpc) is 3.46. The molecular weight excluding hydrogens is 484 g/mol. The largest absolute Gasteiger partial charge is 0.479 e. The normalized spacial score (nSPS) is 23.2. The summed E-state index contributed by atoms with van der Waals surface area (Å²) in [6.45, 7) is -0.663. The summed E-state index contributed by atoms with van der Waals surface area (Å²) in [6.07, 6.45) is -3.49. The molecule has 0 amide bonds. The van der Waals surface area contributed by atoms with Crippen LogP contribution in [-0.4, -0.2) is 87.4 Å². The first kappa shape index (κ1) is 23.2.